The lowest BCUT2D eigenvalue weighted by molar-refractivity contribution is 0.218. The van der Waals surface area contributed by atoms with Crippen molar-refractivity contribution in [2.45, 2.75) is 38.7 Å². The molecule has 0 spiro atoms. The molecule has 0 aromatic heterocycles. The fourth-order valence-electron chi connectivity index (χ4n) is 1.97. The van der Waals surface area contributed by atoms with Crippen molar-refractivity contribution in [3.63, 3.8) is 0 Å². The molecular weight excluding hydrogens is 188 g/mol. The Hall–Kier alpha value is -0.0900. The van der Waals surface area contributed by atoms with Gasteiger partial charge in [-0.25, -0.2) is 8.42 Å². The molecule has 0 saturated heterocycles. The second-order valence-corrected chi connectivity index (χ2v) is 6.23. The van der Waals surface area contributed by atoms with Crippen molar-refractivity contribution in [2.75, 3.05) is 11.5 Å². The minimum absolute atomic E-state index is 0.0799. The number of rotatable bonds is 4. The van der Waals surface area contributed by atoms with Gasteiger partial charge in [0.05, 0.1) is 17.6 Å². The first-order valence-corrected chi connectivity index (χ1v) is 6.70. The summed E-state index contributed by atoms with van der Waals surface area (Å²) in [6, 6.07) is 0. The summed E-state index contributed by atoms with van der Waals surface area (Å²) in [4.78, 5) is 0. The van der Waals surface area contributed by atoms with Crippen LogP contribution in [0.2, 0.25) is 0 Å². The molecule has 1 N–H and O–H groups in total. The average Bonchev–Trinajstić information content (AvgIpc) is 2.34. The minimum Gasteiger partial charge on any atom is -0.392 e. The second-order valence-electron chi connectivity index (χ2n) is 4.08. The Labute approximate surface area is 80.1 Å². The molecule has 0 aromatic carbocycles. The van der Waals surface area contributed by atoms with Crippen LogP contribution in [0.15, 0.2) is 0 Å². The molecule has 1 atom stereocenters. The SMILES string of the molecule is CC(O)CS(=O)(=O)CC1CCCC1. The lowest BCUT2D eigenvalue weighted by Gasteiger charge is -2.10. The highest BCUT2D eigenvalue weighted by atomic mass is 32.2. The molecule has 78 valence electrons. The molecule has 3 nitrogen and oxygen atoms in total. The Morgan fingerprint density at radius 3 is 2.38 bits per heavy atom. The van der Waals surface area contributed by atoms with Crippen LogP contribution in [0, 0.1) is 5.92 Å². The van der Waals surface area contributed by atoms with E-state index in [2.05, 4.69) is 0 Å². The number of sulfone groups is 1. The van der Waals surface area contributed by atoms with Gasteiger partial charge < -0.3 is 5.11 Å². The molecule has 13 heavy (non-hydrogen) atoms. The summed E-state index contributed by atoms with van der Waals surface area (Å²) in [6.45, 7) is 1.52. The summed E-state index contributed by atoms with van der Waals surface area (Å²) in [5, 5.41) is 8.98. The molecule has 0 radical (unpaired) electrons. The van der Waals surface area contributed by atoms with Gasteiger partial charge in [0.2, 0.25) is 0 Å². The highest BCUT2D eigenvalue weighted by Gasteiger charge is 2.23. The van der Waals surface area contributed by atoms with E-state index in [9.17, 15) is 8.42 Å². The van der Waals surface area contributed by atoms with E-state index in [1.54, 1.807) is 0 Å². The number of aliphatic hydroxyl groups is 1. The van der Waals surface area contributed by atoms with Gasteiger partial charge in [-0.2, -0.15) is 0 Å². The molecule has 1 unspecified atom stereocenters. The lowest BCUT2D eigenvalue weighted by atomic mass is 10.1. The van der Waals surface area contributed by atoms with E-state index in [1.165, 1.54) is 6.92 Å². The van der Waals surface area contributed by atoms with Crippen LogP contribution in [0.5, 0.6) is 0 Å². The van der Waals surface area contributed by atoms with Gasteiger partial charge in [-0.1, -0.05) is 12.8 Å². The molecule has 4 heteroatoms. The van der Waals surface area contributed by atoms with Gasteiger partial charge in [0.1, 0.15) is 0 Å². The highest BCUT2D eigenvalue weighted by Crippen LogP contribution is 2.26. The van der Waals surface area contributed by atoms with Crippen molar-refractivity contribution < 1.29 is 13.5 Å². The topological polar surface area (TPSA) is 54.4 Å². The normalized spacial score (nSPS) is 22.0. The molecule has 0 aromatic rings. The van der Waals surface area contributed by atoms with E-state index in [-0.39, 0.29) is 11.5 Å². The van der Waals surface area contributed by atoms with Crippen molar-refractivity contribution in [2.24, 2.45) is 5.92 Å². The van der Waals surface area contributed by atoms with Crippen LogP contribution in [0.1, 0.15) is 32.6 Å². The van der Waals surface area contributed by atoms with E-state index in [0.717, 1.165) is 25.7 Å². The van der Waals surface area contributed by atoms with Gasteiger partial charge in [-0.3, -0.25) is 0 Å². The Morgan fingerprint density at radius 2 is 1.92 bits per heavy atom. The molecule has 0 amide bonds. The second kappa shape index (κ2) is 4.42. The first-order chi connectivity index (χ1) is 5.99. The fourth-order valence-corrected chi connectivity index (χ4v) is 3.89. The third-order valence-electron chi connectivity index (χ3n) is 2.46. The van der Waals surface area contributed by atoms with Gasteiger partial charge >= 0.3 is 0 Å². The molecule has 1 saturated carbocycles. The van der Waals surface area contributed by atoms with Gasteiger partial charge in [0, 0.05) is 0 Å². The van der Waals surface area contributed by atoms with Crippen LogP contribution in [0.4, 0.5) is 0 Å². The predicted molar refractivity (Wildman–Crippen MR) is 52.3 cm³/mol. The van der Waals surface area contributed by atoms with Crippen molar-refractivity contribution in [1.82, 2.24) is 0 Å². The zero-order valence-electron chi connectivity index (χ0n) is 8.07. The minimum atomic E-state index is -3.01. The van der Waals surface area contributed by atoms with Crippen LogP contribution in [0.3, 0.4) is 0 Å². The van der Waals surface area contributed by atoms with Crippen LogP contribution in [-0.2, 0) is 9.84 Å². The molecule has 1 aliphatic carbocycles. The lowest BCUT2D eigenvalue weighted by Crippen LogP contribution is -2.23. The van der Waals surface area contributed by atoms with Gasteiger partial charge in [0.25, 0.3) is 0 Å². The van der Waals surface area contributed by atoms with E-state index >= 15 is 0 Å². The Balaban J connectivity index is 2.41. The zero-order chi connectivity index (χ0) is 9.90. The third kappa shape index (κ3) is 4.09. The molecule has 0 heterocycles. The smallest absolute Gasteiger partial charge is 0.153 e. The molecule has 1 rings (SSSR count). The summed E-state index contributed by atoms with van der Waals surface area (Å²) >= 11 is 0. The van der Waals surface area contributed by atoms with Gasteiger partial charge in [-0.05, 0) is 25.7 Å². The molecule has 0 bridgehead atoms. The van der Waals surface area contributed by atoms with Crippen LogP contribution in [-0.4, -0.2) is 31.1 Å². The standard InChI is InChI=1S/C9H18O3S/c1-8(10)6-13(11,12)7-9-4-2-3-5-9/h8-10H,2-7H2,1H3. The van der Waals surface area contributed by atoms with E-state index in [4.69, 9.17) is 5.11 Å². The molecule has 1 aliphatic rings. The van der Waals surface area contributed by atoms with Crippen LogP contribution >= 0.6 is 0 Å². The maximum atomic E-state index is 11.4. The third-order valence-corrected chi connectivity index (χ3v) is 4.43. The summed E-state index contributed by atoms with van der Waals surface area (Å²) in [5.41, 5.74) is 0. The van der Waals surface area contributed by atoms with Gasteiger partial charge in [0.15, 0.2) is 9.84 Å². The van der Waals surface area contributed by atoms with Crippen LogP contribution in [0.25, 0.3) is 0 Å². The first-order valence-electron chi connectivity index (χ1n) is 4.88. The Bertz CT molecular complexity index is 238. The van der Waals surface area contributed by atoms with Crippen LogP contribution < -0.4 is 0 Å². The fraction of sp³-hybridized carbons (Fsp3) is 1.00. The largest absolute Gasteiger partial charge is 0.392 e. The monoisotopic (exact) mass is 206 g/mol. The molecular formula is C9H18O3S. The average molecular weight is 206 g/mol. The van der Waals surface area contributed by atoms with E-state index in [0.29, 0.717) is 5.92 Å². The first kappa shape index (κ1) is 11.0. The summed E-state index contributed by atoms with van der Waals surface area (Å²) in [7, 11) is -3.01. The zero-order valence-corrected chi connectivity index (χ0v) is 8.89. The van der Waals surface area contributed by atoms with Crippen molar-refractivity contribution in [3.8, 4) is 0 Å². The maximum absolute atomic E-state index is 11.4. The Kier molecular flexibility index (Phi) is 3.74. The molecule has 0 aliphatic heterocycles. The number of hydrogen-bond acceptors (Lipinski definition) is 3. The predicted octanol–water partition coefficient (Wildman–Crippen LogP) is 0.972. The van der Waals surface area contributed by atoms with Crippen molar-refractivity contribution in [3.05, 3.63) is 0 Å². The summed E-state index contributed by atoms with van der Waals surface area (Å²) < 4.78 is 22.9. The number of hydrogen-bond donors (Lipinski definition) is 1. The maximum Gasteiger partial charge on any atom is 0.153 e. The number of aliphatic hydroxyl groups excluding tert-OH is 1. The van der Waals surface area contributed by atoms with Gasteiger partial charge in [-0.15, -0.1) is 0 Å². The van der Waals surface area contributed by atoms with E-state index < -0.39 is 15.9 Å². The quantitative estimate of drug-likeness (QED) is 0.745. The van der Waals surface area contributed by atoms with Crippen molar-refractivity contribution in [1.29, 1.82) is 0 Å². The highest BCUT2D eigenvalue weighted by molar-refractivity contribution is 7.91. The summed E-state index contributed by atoms with van der Waals surface area (Å²) in [5.74, 6) is 0.547. The molecule has 1 fully saturated rings. The summed E-state index contributed by atoms with van der Waals surface area (Å²) in [6.07, 6.45) is 3.67. The van der Waals surface area contributed by atoms with E-state index in [1.807, 2.05) is 0 Å². The van der Waals surface area contributed by atoms with Crippen molar-refractivity contribution >= 4 is 9.84 Å². The Morgan fingerprint density at radius 1 is 1.38 bits per heavy atom.